The molecule has 2 unspecified atom stereocenters. The summed E-state index contributed by atoms with van der Waals surface area (Å²) in [5, 5.41) is 1.18. The lowest BCUT2D eigenvalue weighted by molar-refractivity contribution is 0.0315. The lowest BCUT2D eigenvalue weighted by Gasteiger charge is -2.34. The molecule has 0 spiro atoms. The average molecular weight is 308 g/mol. The van der Waals surface area contributed by atoms with Gasteiger partial charge < -0.3 is 8.85 Å². The van der Waals surface area contributed by atoms with Gasteiger partial charge in [0, 0.05) is 12.2 Å². The Labute approximate surface area is 132 Å². The lowest BCUT2D eigenvalue weighted by Crippen LogP contribution is -2.46. The van der Waals surface area contributed by atoms with Crippen molar-refractivity contribution < 1.29 is 8.85 Å². The highest BCUT2D eigenvalue weighted by Gasteiger charge is 2.32. The van der Waals surface area contributed by atoms with Gasteiger partial charge in [-0.2, -0.15) is 0 Å². The Kier molecular flexibility index (Phi) is 6.20. The summed E-state index contributed by atoms with van der Waals surface area (Å²) in [4.78, 5) is 0. The molecular weight excluding hydrogens is 276 g/mol. The minimum atomic E-state index is -1.49. The van der Waals surface area contributed by atoms with Crippen LogP contribution in [-0.4, -0.2) is 21.5 Å². The molecule has 0 saturated carbocycles. The molecule has 3 heteroatoms. The quantitative estimate of drug-likeness (QED) is 0.756. The van der Waals surface area contributed by atoms with E-state index in [2.05, 4.69) is 79.7 Å². The van der Waals surface area contributed by atoms with Gasteiger partial charge in [0.1, 0.15) is 0 Å². The molecule has 1 aromatic carbocycles. The van der Waals surface area contributed by atoms with Crippen LogP contribution in [0.25, 0.3) is 0 Å². The van der Waals surface area contributed by atoms with Crippen LogP contribution < -0.4 is 5.19 Å². The van der Waals surface area contributed by atoms with E-state index in [1.165, 1.54) is 5.19 Å². The monoisotopic (exact) mass is 307 g/mol. The summed E-state index contributed by atoms with van der Waals surface area (Å²) in [5.41, 5.74) is 0.220. The van der Waals surface area contributed by atoms with Gasteiger partial charge in [0.15, 0.2) is 0 Å². The topological polar surface area (TPSA) is 18.5 Å². The van der Waals surface area contributed by atoms with E-state index >= 15 is 0 Å². The number of hydrogen-bond donors (Lipinski definition) is 0. The lowest BCUT2D eigenvalue weighted by atomic mass is 9.91. The largest absolute Gasteiger partial charge is 0.424 e. The van der Waals surface area contributed by atoms with Crippen molar-refractivity contribution in [2.24, 2.45) is 10.8 Å². The fourth-order valence-electron chi connectivity index (χ4n) is 1.41. The Balaban J connectivity index is 2.91. The van der Waals surface area contributed by atoms with Crippen molar-refractivity contribution in [1.29, 1.82) is 0 Å². The molecule has 0 heterocycles. The van der Waals surface area contributed by atoms with Gasteiger partial charge in [0.25, 0.3) is 0 Å². The van der Waals surface area contributed by atoms with E-state index in [1.807, 2.05) is 6.07 Å². The molecule has 2 nitrogen and oxygen atoms in total. The molecule has 0 aliphatic rings. The third-order valence-corrected chi connectivity index (χ3v) is 5.96. The van der Waals surface area contributed by atoms with E-state index in [9.17, 15) is 0 Å². The van der Waals surface area contributed by atoms with Crippen LogP contribution in [-0.2, 0) is 8.85 Å². The smallest absolute Gasteiger partial charge is 0.387 e. The molecule has 21 heavy (non-hydrogen) atoms. The second-order valence-corrected chi connectivity index (χ2v) is 9.53. The molecule has 0 aliphatic carbocycles. The van der Waals surface area contributed by atoms with Crippen LogP contribution in [0.4, 0.5) is 0 Å². The fraction of sp³-hybridized carbons (Fsp3) is 0.667. The number of hydrogen-bond acceptors (Lipinski definition) is 2. The van der Waals surface area contributed by atoms with Crippen LogP contribution in [0.1, 0.15) is 55.4 Å². The molecule has 0 aromatic heterocycles. The normalized spacial score (nSPS) is 16.0. The van der Waals surface area contributed by atoms with E-state index in [1.54, 1.807) is 0 Å². The van der Waals surface area contributed by atoms with Gasteiger partial charge in [-0.25, -0.2) is 0 Å². The summed E-state index contributed by atoms with van der Waals surface area (Å²) in [6.07, 6.45) is 0.303. The second-order valence-electron chi connectivity index (χ2n) is 7.91. The standard InChI is InChI=1S/C18H31O2Si/c1-14(17(3,4)5)19-21(16-12-10-9-11-13-16)20-15(2)18(6,7)8/h9-15H,1-8H3. The molecular formula is C18H31O2Si. The van der Waals surface area contributed by atoms with Crippen LogP contribution in [0.2, 0.25) is 0 Å². The maximum atomic E-state index is 6.35. The van der Waals surface area contributed by atoms with Crippen LogP contribution in [0.15, 0.2) is 30.3 Å². The summed E-state index contributed by atoms with van der Waals surface area (Å²) in [6.45, 7) is 17.5. The van der Waals surface area contributed by atoms with Crippen molar-refractivity contribution in [3.63, 3.8) is 0 Å². The summed E-state index contributed by atoms with van der Waals surface area (Å²) in [5.74, 6) is 0. The highest BCUT2D eigenvalue weighted by atomic mass is 28.3. The molecule has 0 saturated heterocycles. The molecule has 1 rings (SSSR count). The Morgan fingerprint density at radius 3 is 1.48 bits per heavy atom. The van der Waals surface area contributed by atoms with Crippen LogP contribution >= 0.6 is 0 Å². The molecule has 0 aliphatic heterocycles. The van der Waals surface area contributed by atoms with Gasteiger partial charge in [-0.3, -0.25) is 0 Å². The van der Waals surface area contributed by atoms with Gasteiger partial charge in [-0.1, -0.05) is 71.9 Å². The van der Waals surface area contributed by atoms with Crippen molar-refractivity contribution >= 4 is 14.5 Å². The van der Waals surface area contributed by atoms with E-state index in [0.717, 1.165) is 0 Å². The van der Waals surface area contributed by atoms with Crippen molar-refractivity contribution in [1.82, 2.24) is 0 Å². The second kappa shape index (κ2) is 7.08. The molecule has 1 radical (unpaired) electrons. The summed E-state index contributed by atoms with van der Waals surface area (Å²) >= 11 is 0. The third kappa shape index (κ3) is 5.93. The first-order valence-corrected chi connectivity index (χ1v) is 9.09. The maximum absolute atomic E-state index is 6.35. The van der Waals surface area contributed by atoms with Crippen LogP contribution in [0.3, 0.4) is 0 Å². The SMILES string of the molecule is CC(O[Si](OC(C)C(C)(C)C)c1ccccc1)C(C)(C)C. The maximum Gasteiger partial charge on any atom is 0.424 e. The van der Waals surface area contributed by atoms with Gasteiger partial charge in [-0.05, 0) is 29.9 Å². The van der Waals surface area contributed by atoms with E-state index in [4.69, 9.17) is 8.85 Å². The zero-order valence-corrected chi connectivity index (χ0v) is 15.9. The highest BCUT2D eigenvalue weighted by Crippen LogP contribution is 2.25. The van der Waals surface area contributed by atoms with Crippen molar-refractivity contribution in [2.45, 2.75) is 67.6 Å². The van der Waals surface area contributed by atoms with E-state index in [-0.39, 0.29) is 23.0 Å². The Morgan fingerprint density at radius 1 is 0.762 bits per heavy atom. The Bertz CT molecular complexity index is 395. The Hall–Kier alpha value is -0.643. The molecule has 0 N–H and O–H groups in total. The zero-order chi connectivity index (χ0) is 16.3. The third-order valence-electron chi connectivity index (χ3n) is 4.02. The molecule has 119 valence electrons. The van der Waals surface area contributed by atoms with Gasteiger partial charge >= 0.3 is 9.28 Å². The van der Waals surface area contributed by atoms with Crippen molar-refractivity contribution in [2.75, 3.05) is 0 Å². The summed E-state index contributed by atoms with van der Waals surface area (Å²) in [6, 6.07) is 10.4. The number of benzene rings is 1. The number of rotatable bonds is 5. The minimum absolute atomic E-state index is 0.110. The predicted molar refractivity (Wildman–Crippen MR) is 91.8 cm³/mol. The highest BCUT2D eigenvalue weighted by molar-refractivity contribution is 6.61. The van der Waals surface area contributed by atoms with Crippen molar-refractivity contribution in [3.05, 3.63) is 30.3 Å². The molecule has 2 atom stereocenters. The first-order valence-electron chi connectivity index (χ1n) is 7.77. The van der Waals surface area contributed by atoms with Crippen molar-refractivity contribution in [3.8, 4) is 0 Å². The molecule has 0 amide bonds. The predicted octanol–water partition coefficient (Wildman–Crippen LogP) is 4.28. The minimum Gasteiger partial charge on any atom is -0.387 e. The van der Waals surface area contributed by atoms with E-state index < -0.39 is 9.28 Å². The van der Waals surface area contributed by atoms with E-state index in [0.29, 0.717) is 0 Å². The fourth-order valence-corrected chi connectivity index (χ4v) is 3.55. The molecule has 0 bridgehead atoms. The first-order chi connectivity index (χ1) is 9.51. The van der Waals surface area contributed by atoms with Gasteiger partial charge in [0.05, 0.1) is 0 Å². The first kappa shape index (κ1) is 18.4. The molecule has 0 fully saturated rings. The van der Waals surface area contributed by atoms with Crippen LogP contribution in [0, 0.1) is 10.8 Å². The van der Waals surface area contributed by atoms with Crippen LogP contribution in [0.5, 0.6) is 0 Å². The average Bonchev–Trinajstić information content (AvgIpc) is 2.36. The molecule has 1 aromatic rings. The Morgan fingerprint density at radius 2 is 1.14 bits per heavy atom. The van der Waals surface area contributed by atoms with Gasteiger partial charge in [-0.15, -0.1) is 0 Å². The summed E-state index contributed by atoms with van der Waals surface area (Å²) in [7, 11) is -1.49. The summed E-state index contributed by atoms with van der Waals surface area (Å²) < 4.78 is 12.7. The zero-order valence-electron chi connectivity index (χ0n) is 14.9. The van der Waals surface area contributed by atoms with Gasteiger partial charge in [0.2, 0.25) is 0 Å².